The van der Waals surface area contributed by atoms with E-state index in [-0.39, 0.29) is 0 Å². The van der Waals surface area contributed by atoms with Gasteiger partial charge in [0.2, 0.25) is 0 Å². The van der Waals surface area contributed by atoms with Gasteiger partial charge in [-0.2, -0.15) is 0 Å². The molecule has 0 radical (unpaired) electrons. The minimum absolute atomic E-state index is 1.34. The van der Waals surface area contributed by atoms with Gasteiger partial charge in [-0.25, -0.2) is 0 Å². The zero-order valence-corrected chi connectivity index (χ0v) is 22.0. The van der Waals surface area contributed by atoms with Gasteiger partial charge in [0.1, 0.15) is 0 Å². The normalized spacial score (nSPS) is 20.7. The summed E-state index contributed by atoms with van der Waals surface area (Å²) < 4.78 is 4.63. The molecule has 0 amide bonds. The maximum atomic E-state index is 2.53. The first-order valence-electron chi connectivity index (χ1n) is 8.95. The fourth-order valence-electron chi connectivity index (χ4n) is 2.96. The van der Waals surface area contributed by atoms with E-state index in [0.29, 0.717) is 0 Å². The van der Waals surface area contributed by atoms with E-state index in [9.17, 15) is 0 Å². The summed E-state index contributed by atoms with van der Waals surface area (Å²) in [4.78, 5) is 11.9. The van der Waals surface area contributed by atoms with Crippen molar-refractivity contribution in [2.75, 3.05) is 0 Å². The van der Waals surface area contributed by atoms with E-state index in [1.165, 1.54) is 34.3 Å². The molecule has 2 aliphatic heterocycles. The standard InChI is InChI=1S/C19H13S4.3CH3.Sn/c1-13-17(15-10-6-3-7-11-15)23-19(21-13)18-20-12-16(22-18)14-8-4-2-5-9-14;;;;/h2-11H,1H3;3*1H3;/b19-18+;;;;. The summed E-state index contributed by atoms with van der Waals surface area (Å²) in [6, 6.07) is 21.8. The van der Waals surface area contributed by atoms with Crippen molar-refractivity contribution in [2.45, 2.75) is 21.7 Å². The molecule has 27 heavy (non-hydrogen) atoms. The van der Waals surface area contributed by atoms with Crippen molar-refractivity contribution in [1.82, 2.24) is 0 Å². The second-order valence-electron chi connectivity index (χ2n) is 7.51. The molecule has 0 nitrogen and oxygen atoms in total. The second-order valence-corrected chi connectivity index (χ2v) is 27.6. The summed E-state index contributed by atoms with van der Waals surface area (Å²) in [5.74, 6) is 0. The van der Waals surface area contributed by atoms with Crippen LogP contribution in [-0.2, 0) is 0 Å². The monoisotopic (exact) mass is 534 g/mol. The summed E-state index contributed by atoms with van der Waals surface area (Å²) in [7, 11) is 0. The van der Waals surface area contributed by atoms with Crippen LogP contribution in [0.2, 0.25) is 14.8 Å². The van der Waals surface area contributed by atoms with Crippen LogP contribution in [0.5, 0.6) is 0 Å². The molecule has 0 aromatic heterocycles. The van der Waals surface area contributed by atoms with Crippen LogP contribution >= 0.6 is 47.0 Å². The molecule has 4 rings (SSSR count). The first-order valence-corrected chi connectivity index (χ1v) is 22.2. The predicted octanol–water partition coefficient (Wildman–Crippen LogP) is 8.71. The predicted molar refractivity (Wildman–Crippen MR) is 133 cm³/mol. The van der Waals surface area contributed by atoms with Crippen LogP contribution in [0.25, 0.3) is 9.81 Å². The van der Waals surface area contributed by atoms with Gasteiger partial charge >= 0.3 is 185 Å². The SMILES string of the molecule is CC1=C(c2ccccc2)S/C(=C2/SC(c3ccccc3)=[C]([Sn]([CH3])([CH3])[CH3])S2)S1. The molecule has 0 spiro atoms. The Balaban J connectivity index is 1.66. The fraction of sp³-hybridized carbons (Fsp3) is 0.182. The maximum absolute atomic E-state index is 2.53. The third kappa shape index (κ3) is 4.40. The molecule has 0 aliphatic carbocycles. The van der Waals surface area contributed by atoms with Crippen LogP contribution in [0.3, 0.4) is 0 Å². The molecule has 0 fully saturated rings. The van der Waals surface area contributed by atoms with Crippen LogP contribution in [0.15, 0.2) is 77.0 Å². The number of hydrogen-bond donors (Lipinski definition) is 0. The average molecular weight is 533 g/mol. The number of benzene rings is 2. The zero-order chi connectivity index (χ0) is 19.0. The molecular weight excluding hydrogens is 511 g/mol. The fourth-order valence-corrected chi connectivity index (χ4v) is 17.5. The van der Waals surface area contributed by atoms with Crippen LogP contribution in [-0.4, -0.2) is 18.4 Å². The average Bonchev–Trinajstić information content (AvgIpc) is 3.27. The Labute approximate surface area is 183 Å². The molecule has 2 aromatic rings. The van der Waals surface area contributed by atoms with Crippen LogP contribution in [0.1, 0.15) is 18.1 Å². The van der Waals surface area contributed by atoms with Gasteiger partial charge in [0.05, 0.1) is 0 Å². The van der Waals surface area contributed by atoms with Gasteiger partial charge in [0.15, 0.2) is 0 Å². The number of hydrogen-bond acceptors (Lipinski definition) is 4. The van der Waals surface area contributed by atoms with E-state index in [4.69, 9.17) is 0 Å². The Morgan fingerprint density at radius 3 is 1.63 bits per heavy atom. The van der Waals surface area contributed by atoms with Crippen molar-refractivity contribution in [3.8, 4) is 0 Å². The molecule has 0 bridgehead atoms. The number of allylic oxidation sites excluding steroid dienone is 1. The minimum atomic E-state index is -2.20. The topological polar surface area (TPSA) is 0 Å². The molecule has 0 saturated carbocycles. The third-order valence-corrected chi connectivity index (χ3v) is 20.0. The van der Waals surface area contributed by atoms with Gasteiger partial charge in [0.25, 0.3) is 0 Å². The molecule has 2 aliphatic rings. The Morgan fingerprint density at radius 1 is 0.593 bits per heavy atom. The van der Waals surface area contributed by atoms with Crippen molar-refractivity contribution in [3.63, 3.8) is 0 Å². The Morgan fingerprint density at radius 2 is 1.07 bits per heavy atom. The van der Waals surface area contributed by atoms with E-state index in [0.717, 1.165) is 0 Å². The third-order valence-electron chi connectivity index (χ3n) is 4.28. The quantitative estimate of drug-likeness (QED) is 0.362. The zero-order valence-electron chi connectivity index (χ0n) is 15.9. The summed E-state index contributed by atoms with van der Waals surface area (Å²) in [5.41, 5.74) is 2.72. The van der Waals surface area contributed by atoms with Gasteiger partial charge in [0, 0.05) is 0 Å². The summed E-state index contributed by atoms with van der Waals surface area (Å²) in [6.07, 6.45) is 0. The molecule has 0 unspecified atom stereocenters. The van der Waals surface area contributed by atoms with Crippen molar-refractivity contribution in [1.29, 1.82) is 0 Å². The van der Waals surface area contributed by atoms with Crippen molar-refractivity contribution in [2.24, 2.45) is 0 Å². The van der Waals surface area contributed by atoms with Crippen LogP contribution in [0.4, 0.5) is 0 Å². The Kier molecular flexibility index (Phi) is 6.20. The Hall–Kier alpha value is -0.141. The van der Waals surface area contributed by atoms with Crippen molar-refractivity contribution in [3.05, 3.63) is 88.1 Å². The summed E-state index contributed by atoms with van der Waals surface area (Å²) in [6.45, 7) is 2.26. The molecule has 0 atom stereocenters. The molecule has 138 valence electrons. The molecule has 0 saturated heterocycles. The number of rotatable bonds is 3. The van der Waals surface area contributed by atoms with E-state index in [1.807, 2.05) is 35.3 Å². The first kappa shape index (κ1) is 20.1. The summed E-state index contributed by atoms with van der Waals surface area (Å²) >= 11 is 5.78. The molecule has 5 heteroatoms. The summed E-state index contributed by atoms with van der Waals surface area (Å²) in [5, 5.41) is 0. The molecular formula is C22H22S4Sn. The van der Waals surface area contributed by atoms with Crippen molar-refractivity contribution >= 4 is 75.2 Å². The second kappa shape index (κ2) is 8.31. The van der Waals surface area contributed by atoms with E-state index < -0.39 is 18.4 Å². The van der Waals surface area contributed by atoms with Gasteiger partial charge in [-0.1, -0.05) is 0 Å². The molecule has 0 N–H and O–H groups in total. The van der Waals surface area contributed by atoms with E-state index >= 15 is 0 Å². The number of thioether (sulfide) groups is 4. The van der Waals surface area contributed by atoms with Crippen LogP contribution < -0.4 is 0 Å². The van der Waals surface area contributed by atoms with Gasteiger partial charge in [-0.15, -0.1) is 0 Å². The van der Waals surface area contributed by atoms with E-state index in [1.54, 1.807) is 2.92 Å². The van der Waals surface area contributed by atoms with Crippen LogP contribution in [0, 0.1) is 0 Å². The Bertz CT molecular complexity index is 951. The molecule has 2 heterocycles. The van der Waals surface area contributed by atoms with E-state index in [2.05, 4.69) is 94.2 Å². The van der Waals surface area contributed by atoms with Gasteiger partial charge < -0.3 is 0 Å². The van der Waals surface area contributed by atoms with Crippen molar-refractivity contribution < 1.29 is 0 Å². The van der Waals surface area contributed by atoms with Gasteiger partial charge in [-0.05, 0) is 0 Å². The molecule has 2 aromatic carbocycles. The first-order chi connectivity index (χ1) is 12.9. The van der Waals surface area contributed by atoms with Gasteiger partial charge in [-0.3, -0.25) is 0 Å².